The Balaban J connectivity index is 3.24. The van der Waals surface area contributed by atoms with Crippen LogP contribution in [0.3, 0.4) is 0 Å². The van der Waals surface area contributed by atoms with Crippen LogP contribution in [0.2, 0.25) is 5.02 Å². The first-order valence-corrected chi connectivity index (χ1v) is 4.29. The zero-order chi connectivity index (χ0) is 10.9. The Bertz CT molecular complexity index is 337. The zero-order valence-corrected chi connectivity index (χ0v) is 8.02. The lowest BCUT2D eigenvalue weighted by atomic mass is 10.0. The molecule has 0 aliphatic rings. The molecule has 0 unspecified atom stereocenters. The number of halogens is 1. The molecule has 0 radical (unpaired) electrons. The van der Waals surface area contributed by atoms with Crippen LogP contribution in [0.5, 0.6) is 0 Å². The molecule has 0 saturated heterocycles. The monoisotopic (exact) mass is 185 g/mol. The molecule has 1 aromatic carbocycles. The fourth-order valence-corrected chi connectivity index (χ4v) is 1.14. The van der Waals surface area contributed by atoms with Crippen molar-refractivity contribution in [2.75, 3.05) is 5.73 Å². The summed E-state index contributed by atoms with van der Waals surface area (Å²) in [6.07, 6.45) is -1.44. The number of rotatable bonds is 2. The van der Waals surface area contributed by atoms with Crippen molar-refractivity contribution in [3.8, 4) is 0 Å². The first-order chi connectivity index (χ1) is 6.35. The molecular formula is C10H14ClN. The number of hydrogen-bond acceptors (Lipinski definition) is 1. The van der Waals surface area contributed by atoms with Crippen molar-refractivity contribution in [2.45, 2.75) is 20.2 Å². The van der Waals surface area contributed by atoms with Crippen molar-refractivity contribution in [1.82, 2.24) is 0 Å². The van der Waals surface area contributed by atoms with E-state index in [4.69, 9.17) is 20.1 Å². The van der Waals surface area contributed by atoms with Crippen molar-refractivity contribution >= 4 is 17.3 Å². The molecule has 0 aliphatic carbocycles. The van der Waals surface area contributed by atoms with Crippen molar-refractivity contribution in [1.29, 1.82) is 0 Å². The van der Waals surface area contributed by atoms with E-state index in [1.54, 1.807) is 18.2 Å². The van der Waals surface area contributed by atoms with Gasteiger partial charge in [0.25, 0.3) is 0 Å². The maximum absolute atomic E-state index is 7.89. The molecule has 0 atom stereocenters. The summed E-state index contributed by atoms with van der Waals surface area (Å²) < 4.78 is 15.8. The van der Waals surface area contributed by atoms with Crippen LogP contribution in [-0.2, 0) is 6.37 Å². The second-order valence-electron chi connectivity index (χ2n) is 3.03. The van der Waals surface area contributed by atoms with E-state index >= 15 is 0 Å². The van der Waals surface area contributed by atoms with Gasteiger partial charge in [0.05, 0.1) is 0 Å². The Morgan fingerprint density at radius 2 is 2.25 bits per heavy atom. The van der Waals surface area contributed by atoms with Crippen LogP contribution in [0.25, 0.3) is 0 Å². The topological polar surface area (TPSA) is 26.0 Å². The van der Waals surface area contributed by atoms with Crippen molar-refractivity contribution in [2.24, 2.45) is 5.92 Å². The molecule has 0 amide bonds. The summed E-state index contributed by atoms with van der Waals surface area (Å²) in [4.78, 5) is 0. The molecule has 0 fully saturated rings. The van der Waals surface area contributed by atoms with Crippen LogP contribution >= 0.6 is 11.6 Å². The molecule has 0 spiro atoms. The molecule has 0 saturated carbocycles. The third-order valence-electron chi connectivity index (χ3n) is 1.46. The quantitative estimate of drug-likeness (QED) is 0.704. The van der Waals surface area contributed by atoms with Gasteiger partial charge in [-0.15, -0.1) is 0 Å². The van der Waals surface area contributed by atoms with Crippen LogP contribution in [0.4, 0.5) is 5.69 Å². The van der Waals surface area contributed by atoms with Gasteiger partial charge in [-0.2, -0.15) is 0 Å². The summed E-state index contributed by atoms with van der Waals surface area (Å²) in [7, 11) is 0. The van der Waals surface area contributed by atoms with Gasteiger partial charge in [-0.25, -0.2) is 0 Å². The Morgan fingerprint density at radius 1 is 1.58 bits per heavy atom. The summed E-state index contributed by atoms with van der Waals surface area (Å²) >= 11 is 5.81. The molecule has 1 rings (SSSR count). The van der Waals surface area contributed by atoms with Crippen molar-refractivity contribution in [3.63, 3.8) is 0 Å². The fourth-order valence-electron chi connectivity index (χ4n) is 0.965. The highest BCUT2D eigenvalue weighted by atomic mass is 35.5. The number of anilines is 1. The van der Waals surface area contributed by atoms with Crippen molar-refractivity contribution < 1.29 is 2.74 Å². The van der Waals surface area contributed by atoms with Crippen LogP contribution in [0.1, 0.15) is 22.2 Å². The number of nitrogen functional groups attached to an aromatic ring is 1. The van der Waals surface area contributed by atoms with E-state index in [0.717, 1.165) is 0 Å². The Labute approximate surface area is 81.3 Å². The van der Waals surface area contributed by atoms with E-state index in [1.807, 2.05) is 13.8 Å². The SMILES string of the molecule is [2H]C([2H])(c1cc(Cl)ccc1N)C(C)C. The highest BCUT2D eigenvalue weighted by molar-refractivity contribution is 6.30. The summed E-state index contributed by atoms with van der Waals surface area (Å²) in [5, 5.41) is 0.513. The van der Waals surface area contributed by atoms with Gasteiger partial charge in [0, 0.05) is 13.5 Å². The maximum atomic E-state index is 7.89. The van der Waals surface area contributed by atoms with Crippen LogP contribution in [0.15, 0.2) is 18.2 Å². The van der Waals surface area contributed by atoms with Gasteiger partial charge in [0.2, 0.25) is 0 Å². The summed E-state index contributed by atoms with van der Waals surface area (Å²) in [5.41, 5.74) is 6.64. The fraction of sp³-hybridized carbons (Fsp3) is 0.400. The minimum atomic E-state index is -1.44. The summed E-state index contributed by atoms with van der Waals surface area (Å²) in [6.45, 7) is 3.64. The Morgan fingerprint density at radius 3 is 2.83 bits per heavy atom. The van der Waals surface area contributed by atoms with E-state index in [1.165, 1.54) is 0 Å². The standard InChI is InChI=1S/C10H14ClN/c1-7(2)5-8-6-9(11)3-4-10(8)12/h3-4,6-7H,5,12H2,1-2H3/i5D2. The Kier molecular flexibility index (Phi) is 2.16. The maximum Gasteiger partial charge on any atom is 0.0410 e. The van der Waals surface area contributed by atoms with E-state index in [-0.39, 0.29) is 5.92 Å². The number of benzene rings is 1. The molecule has 1 nitrogen and oxygen atoms in total. The minimum Gasteiger partial charge on any atom is -0.399 e. The van der Waals surface area contributed by atoms with Gasteiger partial charge in [0.15, 0.2) is 0 Å². The summed E-state index contributed by atoms with van der Waals surface area (Å²) in [6, 6.07) is 4.89. The molecule has 2 N–H and O–H groups in total. The van der Waals surface area contributed by atoms with Gasteiger partial charge in [-0.1, -0.05) is 25.4 Å². The lowest BCUT2D eigenvalue weighted by molar-refractivity contribution is 0.648. The summed E-state index contributed by atoms with van der Waals surface area (Å²) in [5.74, 6) is -0.136. The van der Waals surface area contributed by atoms with Crippen LogP contribution < -0.4 is 5.73 Å². The smallest absolute Gasteiger partial charge is 0.0410 e. The predicted molar refractivity (Wildman–Crippen MR) is 54.4 cm³/mol. The third-order valence-corrected chi connectivity index (χ3v) is 1.69. The number of nitrogens with two attached hydrogens (primary N) is 1. The Hall–Kier alpha value is -0.690. The van der Waals surface area contributed by atoms with Gasteiger partial charge in [-0.05, 0) is 36.1 Å². The first kappa shape index (κ1) is 6.79. The first-order valence-electron chi connectivity index (χ1n) is 4.91. The molecule has 12 heavy (non-hydrogen) atoms. The van der Waals surface area contributed by atoms with E-state index < -0.39 is 6.37 Å². The third kappa shape index (κ3) is 2.42. The average Bonchev–Trinajstić information content (AvgIpc) is 2.08. The molecule has 0 aromatic heterocycles. The average molecular weight is 186 g/mol. The van der Waals surface area contributed by atoms with E-state index in [9.17, 15) is 0 Å². The number of hydrogen-bond donors (Lipinski definition) is 1. The molecule has 2 heteroatoms. The van der Waals surface area contributed by atoms with Gasteiger partial charge >= 0.3 is 0 Å². The van der Waals surface area contributed by atoms with Gasteiger partial charge < -0.3 is 5.73 Å². The largest absolute Gasteiger partial charge is 0.399 e. The van der Waals surface area contributed by atoms with E-state index in [2.05, 4.69) is 0 Å². The van der Waals surface area contributed by atoms with Crippen LogP contribution in [-0.4, -0.2) is 0 Å². The van der Waals surface area contributed by atoms with Gasteiger partial charge in [0.1, 0.15) is 0 Å². The molecule has 1 aromatic rings. The van der Waals surface area contributed by atoms with E-state index in [0.29, 0.717) is 16.3 Å². The lowest BCUT2D eigenvalue weighted by Gasteiger charge is -2.08. The molecule has 66 valence electrons. The highest BCUT2D eigenvalue weighted by Gasteiger charge is 2.02. The molecule has 0 aliphatic heterocycles. The van der Waals surface area contributed by atoms with Gasteiger partial charge in [-0.3, -0.25) is 0 Å². The van der Waals surface area contributed by atoms with Crippen molar-refractivity contribution in [3.05, 3.63) is 28.8 Å². The highest BCUT2D eigenvalue weighted by Crippen LogP contribution is 2.20. The predicted octanol–water partition coefficient (Wildman–Crippen LogP) is 3.12. The second kappa shape index (κ2) is 3.81. The minimum absolute atomic E-state index is 0.136. The normalized spacial score (nSPS) is 14.3. The molecular weight excluding hydrogens is 170 g/mol. The second-order valence-corrected chi connectivity index (χ2v) is 3.47. The lowest BCUT2D eigenvalue weighted by Crippen LogP contribution is -1.99. The van der Waals surface area contributed by atoms with Crippen LogP contribution in [0, 0.1) is 5.92 Å². The zero-order valence-electron chi connectivity index (χ0n) is 9.26. The molecule has 0 bridgehead atoms. The molecule has 0 heterocycles.